The van der Waals surface area contributed by atoms with Gasteiger partial charge in [-0.2, -0.15) is 0 Å². The largest absolute Gasteiger partial charge is 0.383 e. The maximum absolute atomic E-state index is 12.9. The summed E-state index contributed by atoms with van der Waals surface area (Å²) in [6, 6.07) is 17.1. The van der Waals surface area contributed by atoms with Crippen LogP contribution in [0, 0.1) is 13.8 Å². The normalized spacial score (nSPS) is 11.1. The summed E-state index contributed by atoms with van der Waals surface area (Å²) in [6.07, 6.45) is 0. The Hall–Kier alpha value is -3.38. The van der Waals surface area contributed by atoms with Gasteiger partial charge in [0.25, 0.3) is 5.91 Å². The van der Waals surface area contributed by atoms with Gasteiger partial charge in [0.15, 0.2) is 0 Å². The highest BCUT2D eigenvalue weighted by Crippen LogP contribution is 2.36. The molecule has 0 aliphatic heterocycles. The summed E-state index contributed by atoms with van der Waals surface area (Å²) in [5, 5.41) is 3.12. The number of ether oxygens (including phenoxy) is 1. The molecule has 29 heavy (non-hydrogen) atoms. The molecule has 2 N–H and O–H groups in total. The van der Waals surface area contributed by atoms with Crippen LogP contribution in [0.3, 0.4) is 0 Å². The molecule has 2 aromatic heterocycles. The van der Waals surface area contributed by atoms with E-state index in [1.54, 1.807) is 19.2 Å². The molecule has 2 aromatic carbocycles. The second kappa shape index (κ2) is 7.93. The summed E-state index contributed by atoms with van der Waals surface area (Å²) >= 11 is 0. The summed E-state index contributed by atoms with van der Waals surface area (Å²) in [5.74, 6) is 1.32. The predicted molar refractivity (Wildman–Crippen MR) is 115 cm³/mol. The number of carbonyl (C=O) groups excluding carboxylic acids is 1. The molecule has 4 rings (SSSR count). The first-order valence-electron chi connectivity index (χ1n) is 9.60. The molecule has 0 atom stereocenters. The minimum absolute atomic E-state index is 0.154. The highest BCUT2D eigenvalue weighted by Gasteiger charge is 2.23. The van der Waals surface area contributed by atoms with E-state index < -0.39 is 0 Å². The van der Waals surface area contributed by atoms with Gasteiger partial charge >= 0.3 is 0 Å². The van der Waals surface area contributed by atoms with Crippen molar-refractivity contribution in [2.75, 3.05) is 19.0 Å². The lowest BCUT2D eigenvalue weighted by atomic mass is 10.1. The Morgan fingerprint density at radius 2 is 1.83 bits per heavy atom. The van der Waals surface area contributed by atoms with Crippen LogP contribution in [0.15, 0.2) is 54.6 Å². The van der Waals surface area contributed by atoms with Gasteiger partial charge in [-0.3, -0.25) is 4.79 Å². The molecule has 148 valence electrons. The number of benzene rings is 2. The number of nitrogens with one attached hydrogen (secondary N) is 2. The van der Waals surface area contributed by atoms with Crippen LogP contribution in [-0.2, 0) is 11.3 Å². The Balaban J connectivity index is 1.84. The topological polar surface area (TPSA) is 71.9 Å². The van der Waals surface area contributed by atoms with E-state index in [0.29, 0.717) is 18.7 Å². The summed E-state index contributed by atoms with van der Waals surface area (Å²) in [5.41, 5.74) is 5.51. The molecule has 0 bridgehead atoms. The molecule has 0 aliphatic carbocycles. The van der Waals surface area contributed by atoms with Crippen LogP contribution in [0.25, 0.3) is 22.4 Å². The van der Waals surface area contributed by atoms with Crippen LogP contribution in [0.1, 0.15) is 21.6 Å². The Labute approximate surface area is 169 Å². The maximum Gasteiger partial charge on any atom is 0.256 e. The number of amides is 1. The van der Waals surface area contributed by atoms with Gasteiger partial charge in [-0.15, -0.1) is 0 Å². The fourth-order valence-electron chi connectivity index (χ4n) is 3.59. The van der Waals surface area contributed by atoms with Gasteiger partial charge in [-0.25, -0.2) is 4.98 Å². The lowest BCUT2D eigenvalue weighted by Crippen LogP contribution is -2.17. The van der Waals surface area contributed by atoms with Crippen LogP contribution in [0.5, 0.6) is 0 Å². The number of hydrogen-bond donors (Lipinski definition) is 2. The van der Waals surface area contributed by atoms with Gasteiger partial charge in [0.05, 0.1) is 23.2 Å². The minimum atomic E-state index is -0.154. The number of aromatic nitrogens is 3. The molecule has 6 heteroatoms. The third-order valence-electron chi connectivity index (χ3n) is 5.24. The molecule has 0 saturated carbocycles. The van der Waals surface area contributed by atoms with E-state index in [1.807, 2.05) is 42.5 Å². The third-order valence-corrected chi connectivity index (χ3v) is 5.24. The molecule has 1 amide bonds. The molecular formula is C23H24N4O2. The number of carbonyl (C=O) groups is 1. The van der Waals surface area contributed by atoms with Crippen molar-refractivity contribution in [2.24, 2.45) is 0 Å². The van der Waals surface area contributed by atoms with Crippen LogP contribution in [0.2, 0.25) is 0 Å². The van der Waals surface area contributed by atoms with Gasteiger partial charge in [0.2, 0.25) is 0 Å². The molecular weight excluding hydrogens is 364 g/mol. The zero-order chi connectivity index (χ0) is 20.4. The van der Waals surface area contributed by atoms with Crippen molar-refractivity contribution in [2.45, 2.75) is 20.4 Å². The number of aromatic amines is 1. The number of anilines is 1. The summed E-state index contributed by atoms with van der Waals surface area (Å²) < 4.78 is 7.38. The minimum Gasteiger partial charge on any atom is -0.383 e. The summed E-state index contributed by atoms with van der Waals surface area (Å²) in [4.78, 5) is 21.1. The van der Waals surface area contributed by atoms with E-state index in [0.717, 1.165) is 39.5 Å². The van der Waals surface area contributed by atoms with Crippen molar-refractivity contribution >= 4 is 22.8 Å². The van der Waals surface area contributed by atoms with Crippen LogP contribution < -0.4 is 5.32 Å². The second-order valence-electron chi connectivity index (χ2n) is 7.00. The molecule has 0 radical (unpaired) electrons. The van der Waals surface area contributed by atoms with Crippen LogP contribution >= 0.6 is 0 Å². The Kier molecular flexibility index (Phi) is 5.18. The maximum atomic E-state index is 12.9. The Morgan fingerprint density at radius 1 is 1.10 bits per heavy atom. The van der Waals surface area contributed by atoms with Gasteiger partial charge in [0.1, 0.15) is 11.6 Å². The molecule has 0 aliphatic rings. The van der Waals surface area contributed by atoms with Crippen LogP contribution in [0.4, 0.5) is 5.82 Å². The van der Waals surface area contributed by atoms with Crippen LogP contribution in [-0.4, -0.2) is 34.2 Å². The zero-order valence-electron chi connectivity index (χ0n) is 16.8. The number of fused-ring (bicyclic) bond motifs is 1. The Morgan fingerprint density at radius 3 is 2.55 bits per heavy atom. The monoisotopic (exact) mass is 388 g/mol. The third kappa shape index (κ3) is 3.54. The SMILES string of the molecule is COCCn1c(C)c(C)c(-c2nc3ccccc3[nH]2)c1NC(=O)c1ccccc1. The van der Waals surface area contributed by atoms with Crippen molar-refractivity contribution in [1.29, 1.82) is 0 Å². The first kappa shape index (κ1) is 19.0. The number of nitrogens with zero attached hydrogens (tertiary/aromatic N) is 2. The quantitative estimate of drug-likeness (QED) is 0.509. The predicted octanol–water partition coefficient (Wildman–Crippen LogP) is 4.55. The van der Waals surface area contributed by atoms with E-state index in [1.165, 1.54) is 0 Å². The van der Waals surface area contributed by atoms with E-state index in [-0.39, 0.29) is 5.91 Å². The van der Waals surface area contributed by atoms with Gasteiger partial charge in [-0.1, -0.05) is 30.3 Å². The molecule has 2 heterocycles. The lowest BCUT2D eigenvalue weighted by Gasteiger charge is -2.13. The van der Waals surface area contributed by atoms with Gasteiger partial charge in [-0.05, 0) is 43.7 Å². The van der Waals surface area contributed by atoms with Crippen molar-refractivity contribution in [3.63, 3.8) is 0 Å². The first-order chi connectivity index (χ1) is 14.1. The molecule has 0 spiro atoms. The number of H-pyrrole nitrogens is 1. The number of imidazole rings is 1. The van der Waals surface area contributed by atoms with Gasteiger partial charge in [0, 0.05) is 24.9 Å². The van der Waals surface area contributed by atoms with Crippen molar-refractivity contribution in [3.05, 3.63) is 71.4 Å². The first-order valence-corrected chi connectivity index (χ1v) is 9.60. The fourth-order valence-corrected chi connectivity index (χ4v) is 3.59. The zero-order valence-corrected chi connectivity index (χ0v) is 16.8. The van der Waals surface area contributed by atoms with E-state index in [4.69, 9.17) is 9.72 Å². The second-order valence-corrected chi connectivity index (χ2v) is 7.00. The van der Waals surface area contributed by atoms with E-state index in [9.17, 15) is 4.79 Å². The summed E-state index contributed by atoms with van der Waals surface area (Å²) in [6.45, 7) is 5.28. The molecule has 4 aromatic rings. The average molecular weight is 388 g/mol. The highest BCUT2D eigenvalue weighted by atomic mass is 16.5. The van der Waals surface area contributed by atoms with Crippen molar-refractivity contribution in [3.8, 4) is 11.4 Å². The molecule has 0 fully saturated rings. The molecule has 6 nitrogen and oxygen atoms in total. The number of hydrogen-bond acceptors (Lipinski definition) is 3. The van der Waals surface area contributed by atoms with Gasteiger partial charge < -0.3 is 19.6 Å². The van der Waals surface area contributed by atoms with E-state index >= 15 is 0 Å². The number of para-hydroxylation sites is 2. The number of rotatable bonds is 6. The van der Waals surface area contributed by atoms with E-state index in [2.05, 4.69) is 28.7 Å². The fraction of sp³-hybridized carbons (Fsp3) is 0.217. The highest BCUT2D eigenvalue weighted by molar-refractivity contribution is 6.06. The average Bonchev–Trinajstić information content (AvgIpc) is 3.26. The van der Waals surface area contributed by atoms with Crippen molar-refractivity contribution in [1.82, 2.24) is 14.5 Å². The Bertz CT molecular complexity index is 1130. The molecule has 0 unspecified atom stereocenters. The standard InChI is InChI=1S/C23H24N4O2/c1-15-16(2)27(13-14-29-3)22(26-23(28)17-9-5-4-6-10-17)20(15)21-24-18-11-7-8-12-19(18)25-21/h4-12H,13-14H2,1-3H3,(H,24,25)(H,26,28). The molecule has 0 saturated heterocycles. The van der Waals surface area contributed by atoms with Crippen molar-refractivity contribution < 1.29 is 9.53 Å². The smallest absolute Gasteiger partial charge is 0.256 e. The lowest BCUT2D eigenvalue weighted by molar-refractivity contribution is 0.102. The summed E-state index contributed by atoms with van der Waals surface area (Å²) in [7, 11) is 1.67. The number of methoxy groups -OCH3 is 1.